The summed E-state index contributed by atoms with van der Waals surface area (Å²) < 4.78 is 16.2. The van der Waals surface area contributed by atoms with Gasteiger partial charge in [-0.15, -0.1) is 0 Å². The van der Waals surface area contributed by atoms with Crippen LogP contribution in [0.1, 0.15) is 5.56 Å². The zero-order valence-electron chi connectivity index (χ0n) is 11.2. The van der Waals surface area contributed by atoms with Crippen LogP contribution in [0.2, 0.25) is 0 Å². The number of fused-ring (bicyclic) bond motifs is 1. The molecule has 108 valence electrons. The van der Waals surface area contributed by atoms with Crippen molar-refractivity contribution < 1.29 is 19.0 Å². The SMILES string of the molecule is O=C1COc2ccc(CNCC3COCCO3)cc2N1. The van der Waals surface area contributed by atoms with E-state index in [1.807, 2.05) is 18.2 Å². The molecule has 3 rings (SSSR count). The molecule has 0 aliphatic carbocycles. The van der Waals surface area contributed by atoms with Crippen molar-refractivity contribution >= 4 is 11.6 Å². The normalized spacial score (nSPS) is 21.8. The van der Waals surface area contributed by atoms with Gasteiger partial charge in [0.05, 0.1) is 31.6 Å². The van der Waals surface area contributed by atoms with E-state index in [1.165, 1.54) is 0 Å². The maximum Gasteiger partial charge on any atom is 0.262 e. The maximum absolute atomic E-state index is 11.3. The number of carbonyl (C=O) groups is 1. The highest BCUT2D eigenvalue weighted by Crippen LogP contribution is 2.28. The highest BCUT2D eigenvalue weighted by atomic mass is 16.6. The molecule has 6 heteroatoms. The predicted molar refractivity (Wildman–Crippen MR) is 72.8 cm³/mol. The Morgan fingerprint density at radius 3 is 3.15 bits per heavy atom. The summed E-state index contributed by atoms with van der Waals surface area (Å²) in [6.45, 7) is 3.53. The molecular weight excluding hydrogens is 260 g/mol. The molecule has 2 N–H and O–H groups in total. The zero-order valence-corrected chi connectivity index (χ0v) is 11.2. The van der Waals surface area contributed by atoms with Crippen molar-refractivity contribution in [3.8, 4) is 5.75 Å². The van der Waals surface area contributed by atoms with E-state index in [0.29, 0.717) is 26.4 Å². The van der Waals surface area contributed by atoms with Crippen molar-refractivity contribution in [1.82, 2.24) is 5.32 Å². The zero-order chi connectivity index (χ0) is 13.8. The van der Waals surface area contributed by atoms with Gasteiger partial charge in [0.2, 0.25) is 0 Å². The number of rotatable bonds is 4. The van der Waals surface area contributed by atoms with E-state index in [4.69, 9.17) is 14.2 Å². The number of hydrogen-bond donors (Lipinski definition) is 2. The van der Waals surface area contributed by atoms with Crippen molar-refractivity contribution in [2.45, 2.75) is 12.6 Å². The fourth-order valence-corrected chi connectivity index (χ4v) is 2.27. The Hall–Kier alpha value is -1.63. The highest BCUT2D eigenvalue weighted by molar-refractivity contribution is 5.95. The maximum atomic E-state index is 11.3. The lowest BCUT2D eigenvalue weighted by atomic mass is 10.1. The summed E-state index contributed by atoms with van der Waals surface area (Å²) in [5.41, 5.74) is 1.82. The molecule has 1 aromatic rings. The molecule has 1 unspecified atom stereocenters. The molecule has 1 saturated heterocycles. The second-order valence-corrected chi connectivity index (χ2v) is 4.87. The summed E-state index contributed by atoms with van der Waals surface area (Å²) in [6.07, 6.45) is 0.115. The molecule has 20 heavy (non-hydrogen) atoms. The van der Waals surface area contributed by atoms with Crippen LogP contribution in [0.5, 0.6) is 5.75 Å². The highest BCUT2D eigenvalue weighted by Gasteiger charge is 2.16. The average Bonchev–Trinajstić information content (AvgIpc) is 2.48. The third-order valence-electron chi connectivity index (χ3n) is 3.26. The molecule has 1 fully saturated rings. The molecule has 1 amide bonds. The predicted octanol–water partition coefficient (Wildman–Crippen LogP) is 0.522. The Morgan fingerprint density at radius 2 is 2.30 bits per heavy atom. The van der Waals surface area contributed by atoms with Crippen molar-refractivity contribution in [2.75, 3.05) is 38.3 Å². The van der Waals surface area contributed by atoms with Gasteiger partial charge < -0.3 is 24.8 Å². The van der Waals surface area contributed by atoms with Gasteiger partial charge in [-0.1, -0.05) is 6.07 Å². The van der Waals surface area contributed by atoms with Crippen LogP contribution in [0, 0.1) is 0 Å². The molecule has 1 aromatic carbocycles. The van der Waals surface area contributed by atoms with Crippen LogP contribution in [0.3, 0.4) is 0 Å². The summed E-state index contributed by atoms with van der Waals surface area (Å²) >= 11 is 0. The molecule has 1 atom stereocenters. The van der Waals surface area contributed by atoms with E-state index in [-0.39, 0.29) is 18.6 Å². The monoisotopic (exact) mass is 278 g/mol. The minimum Gasteiger partial charge on any atom is -0.482 e. The van der Waals surface area contributed by atoms with Gasteiger partial charge in [0.25, 0.3) is 5.91 Å². The van der Waals surface area contributed by atoms with Crippen molar-refractivity contribution in [1.29, 1.82) is 0 Å². The fourth-order valence-electron chi connectivity index (χ4n) is 2.27. The molecule has 0 saturated carbocycles. The van der Waals surface area contributed by atoms with E-state index in [9.17, 15) is 4.79 Å². The van der Waals surface area contributed by atoms with Gasteiger partial charge >= 0.3 is 0 Å². The number of anilines is 1. The van der Waals surface area contributed by atoms with Crippen LogP contribution in [-0.4, -0.2) is 45.0 Å². The van der Waals surface area contributed by atoms with Crippen LogP contribution in [0.25, 0.3) is 0 Å². The van der Waals surface area contributed by atoms with Gasteiger partial charge in [0, 0.05) is 13.1 Å². The third kappa shape index (κ3) is 3.27. The van der Waals surface area contributed by atoms with E-state index < -0.39 is 0 Å². The minimum absolute atomic E-state index is 0.0869. The summed E-state index contributed by atoms with van der Waals surface area (Å²) in [5, 5.41) is 6.13. The summed E-state index contributed by atoms with van der Waals surface area (Å²) in [5.74, 6) is 0.604. The molecule has 0 bridgehead atoms. The van der Waals surface area contributed by atoms with Gasteiger partial charge in [-0.3, -0.25) is 4.79 Å². The molecule has 2 aliphatic rings. The first kappa shape index (κ1) is 13.4. The van der Waals surface area contributed by atoms with Crippen molar-refractivity contribution in [3.05, 3.63) is 23.8 Å². The standard InChI is InChI=1S/C14H18N2O4/c17-14-9-20-13-2-1-10(5-12(13)16-14)6-15-7-11-8-18-3-4-19-11/h1-2,5,11,15H,3-4,6-9H2,(H,16,17). The number of nitrogens with one attached hydrogen (secondary N) is 2. The van der Waals surface area contributed by atoms with Crippen LogP contribution in [-0.2, 0) is 20.8 Å². The number of amides is 1. The Balaban J connectivity index is 1.52. The van der Waals surface area contributed by atoms with Crippen LogP contribution < -0.4 is 15.4 Å². The summed E-state index contributed by atoms with van der Waals surface area (Å²) in [4.78, 5) is 11.3. The Bertz CT molecular complexity index is 486. The van der Waals surface area contributed by atoms with Crippen LogP contribution >= 0.6 is 0 Å². The van der Waals surface area contributed by atoms with Crippen molar-refractivity contribution in [3.63, 3.8) is 0 Å². The molecule has 6 nitrogen and oxygen atoms in total. The molecule has 0 spiro atoms. The van der Waals surface area contributed by atoms with E-state index in [1.54, 1.807) is 0 Å². The second-order valence-electron chi connectivity index (χ2n) is 4.87. The van der Waals surface area contributed by atoms with Crippen molar-refractivity contribution in [2.24, 2.45) is 0 Å². The summed E-state index contributed by atoms with van der Waals surface area (Å²) in [7, 11) is 0. The first-order chi connectivity index (χ1) is 9.81. The topological polar surface area (TPSA) is 68.8 Å². The van der Waals surface area contributed by atoms with E-state index in [0.717, 1.165) is 23.5 Å². The number of benzene rings is 1. The van der Waals surface area contributed by atoms with Gasteiger partial charge in [-0.25, -0.2) is 0 Å². The van der Waals surface area contributed by atoms with Gasteiger partial charge in [-0.05, 0) is 17.7 Å². The Morgan fingerprint density at radius 1 is 1.35 bits per heavy atom. The minimum atomic E-state index is -0.115. The lowest BCUT2D eigenvalue weighted by Gasteiger charge is -2.23. The molecule has 2 aliphatic heterocycles. The van der Waals surface area contributed by atoms with Gasteiger partial charge in [-0.2, -0.15) is 0 Å². The largest absolute Gasteiger partial charge is 0.482 e. The van der Waals surface area contributed by atoms with E-state index >= 15 is 0 Å². The van der Waals surface area contributed by atoms with Gasteiger partial charge in [0.1, 0.15) is 5.75 Å². The Labute approximate surface area is 117 Å². The lowest BCUT2D eigenvalue weighted by Crippen LogP contribution is -2.37. The first-order valence-corrected chi connectivity index (χ1v) is 6.77. The molecule has 0 radical (unpaired) electrons. The van der Waals surface area contributed by atoms with Crippen LogP contribution in [0.15, 0.2) is 18.2 Å². The molecule has 2 heterocycles. The third-order valence-corrected chi connectivity index (χ3v) is 3.26. The number of carbonyl (C=O) groups excluding carboxylic acids is 1. The van der Waals surface area contributed by atoms with Gasteiger partial charge in [0.15, 0.2) is 6.61 Å². The summed E-state index contributed by atoms with van der Waals surface area (Å²) in [6, 6.07) is 5.80. The number of ether oxygens (including phenoxy) is 3. The fraction of sp³-hybridized carbons (Fsp3) is 0.500. The average molecular weight is 278 g/mol. The first-order valence-electron chi connectivity index (χ1n) is 6.77. The number of hydrogen-bond acceptors (Lipinski definition) is 5. The van der Waals surface area contributed by atoms with Crippen LogP contribution in [0.4, 0.5) is 5.69 Å². The molecule has 0 aromatic heterocycles. The second kappa shape index (κ2) is 6.21. The lowest BCUT2D eigenvalue weighted by molar-refractivity contribution is -0.118. The quantitative estimate of drug-likeness (QED) is 0.840. The smallest absolute Gasteiger partial charge is 0.262 e. The Kier molecular flexibility index (Phi) is 4.15. The molecular formula is C14H18N2O4. The van der Waals surface area contributed by atoms with E-state index in [2.05, 4.69) is 10.6 Å².